The zero-order valence-electron chi connectivity index (χ0n) is 12.7. The topological polar surface area (TPSA) is 84.7 Å². The minimum Gasteiger partial charge on any atom is -0.383 e. The Hall–Kier alpha value is -1.15. The van der Waals surface area contributed by atoms with Crippen LogP contribution in [0.15, 0.2) is 17.0 Å². The predicted molar refractivity (Wildman–Crippen MR) is 82.5 cm³/mol. The first kappa shape index (κ1) is 16.2. The van der Waals surface area contributed by atoms with Crippen molar-refractivity contribution in [1.82, 2.24) is 4.31 Å². The van der Waals surface area contributed by atoms with Crippen molar-refractivity contribution in [3.8, 4) is 0 Å². The Labute approximate surface area is 126 Å². The fourth-order valence-corrected chi connectivity index (χ4v) is 4.68. The number of anilines is 1. The molecule has 2 rings (SSSR count). The SMILES string of the molecule is COCCN(C1CC1)S(=O)(=O)c1c(C)cc(NN)cc1C. The first-order valence-corrected chi connectivity index (χ1v) is 8.44. The molecule has 1 aliphatic carbocycles. The van der Waals surface area contributed by atoms with Gasteiger partial charge < -0.3 is 10.2 Å². The maximum atomic E-state index is 13.0. The molecule has 0 radical (unpaired) electrons. The van der Waals surface area contributed by atoms with Gasteiger partial charge in [-0.05, 0) is 49.9 Å². The number of nitrogen functional groups attached to an aromatic ring is 1. The summed E-state index contributed by atoms with van der Waals surface area (Å²) in [5.74, 6) is 5.40. The van der Waals surface area contributed by atoms with Gasteiger partial charge in [0.1, 0.15) is 0 Å². The molecule has 0 aliphatic heterocycles. The summed E-state index contributed by atoms with van der Waals surface area (Å²) >= 11 is 0. The normalized spacial score (nSPS) is 15.5. The maximum Gasteiger partial charge on any atom is 0.243 e. The first-order chi connectivity index (χ1) is 9.91. The Kier molecular flexibility index (Phi) is 4.88. The summed E-state index contributed by atoms with van der Waals surface area (Å²) in [5.41, 5.74) is 4.66. The summed E-state index contributed by atoms with van der Waals surface area (Å²) in [5, 5.41) is 0. The zero-order chi connectivity index (χ0) is 15.6. The number of methoxy groups -OCH3 is 1. The second kappa shape index (κ2) is 6.31. The van der Waals surface area contributed by atoms with Crippen molar-refractivity contribution in [3.05, 3.63) is 23.3 Å². The minimum absolute atomic E-state index is 0.108. The predicted octanol–water partition coefficient (Wildman–Crippen LogP) is 1.39. The third kappa shape index (κ3) is 3.37. The molecule has 0 spiro atoms. The summed E-state index contributed by atoms with van der Waals surface area (Å²) in [6.45, 7) is 4.37. The fraction of sp³-hybridized carbons (Fsp3) is 0.571. The third-order valence-corrected chi connectivity index (χ3v) is 5.92. The molecule has 0 aromatic heterocycles. The van der Waals surface area contributed by atoms with E-state index >= 15 is 0 Å². The molecule has 6 nitrogen and oxygen atoms in total. The van der Waals surface area contributed by atoms with E-state index in [0.29, 0.717) is 34.9 Å². The second-order valence-electron chi connectivity index (χ2n) is 5.42. The van der Waals surface area contributed by atoms with E-state index in [9.17, 15) is 8.42 Å². The lowest BCUT2D eigenvalue weighted by Gasteiger charge is -2.24. The van der Waals surface area contributed by atoms with Crippen LogP contribution >= 0.6 is 0 Å². The first-order valence-electron chi connectivity index (χ1n) is 7.00. The van der Waals surface area contributed by atoms with Crippen molar-refractivity contribution < 1.29 is 13.2 Å². The number of rotatable bonds is 7. The van der Waals surface area contributed by atoms with Crippen LogP contribution in [-0.2, 0) is 14.8 Å². The monoisotopic (exact) mass is 313 g/mol. The Bertz CT molecular complexity index is 589. The van der Waals surface area contributed by atoms with E-state index in [-0.39, 0.29) is 6.04 Å². The molecular weight excluding hydrogens is 290 g/mol. The van der Waals surface area contributed by atoms with Crippen molar-refractivity contribution in [2.45, 2.75) is 37.6 Å². The largest absolute Gasteiger partial charge is 0.383 e. The smallest absolute Gasteiger partial charge is 0.243 e. The van der Waals surface area contributed by atoms with E-state index in [1.807, 2.05) is 0 Å². The van der Waals surface area contributed by atoms with Crippen LogP contribution in [0.5, 0.6) is 0 Å². The molecule has 21 heavy (non-hydrogen) atoms. The van der Waals surface area contributed by atoms with Gasteiger partial charge in [-0.15, -0.1) is 0 Å². The van der Waals surface area contributed by atoms with Gasteiger partial charge >= 0.3 is 0 Å². The van der Waals surface area contributed by atoms with Crippen molar-refractivity contribution >= 4 is 15.7 Å². The minimum atomic E-state index is -3.51. The molecule has 3 N–H and O–H groups in total. The molecule has 0 saturated heterocycles. The highest BCUT2D eigenvalue weighted by Gasteiger charge is 2.39. The zero-order valence-corrected chi connectivity index (χ0v) is 13.5. The molecule has 0 heterocycles. The number of benzene rings is 1. The molecule has 1 saturated carbocycles. The lowest BCUT2D eigenvalue weighted by Crippen LogP contribution is -2.36. The van der Waals surface area contributed by atoms with Crippen molar-refractivity contribution in [2.24, 2.45) is 5.84 Å². The Balaban J connectivity index is 2.42. The van der Waals surface area contributed by atoms with Crippen molar-refractivity contribution in [3.63, 3.8) is 0 Å². The average molecular weight is 313 g/mol. The lowest BCUT2D eigenvalue weighted by atomic mass is 10.1. The van der Waals surface area contributed by atoms with E-state index in [2.05, 4.69) is 5.43 Å². The standard InChI is InChI=1S/C14H23N3O3S/c1-10-8-12(16-15)9-11(2)14(10)21(18,19)17(6-7-20-3)13-4-5-13/h8-9,13,16H,4-7,15H2,1-3H3. The fourth-order valence-electron chi connectivity index (χ4n) is 2.60. The van der Waals surface area contributed by atoms with Gasteiger partial charge in [0.15, 0.2) is 0 Å². The maximum absolute atomic E-state index is 13.0. The van der Waals surface area contributed by atoms with Gasteiger partial charge in [0, 0.05) is 25.4 Å². The number of nitrogens with zero attached hydrogens (tertiary/aromatic N) is 1. The molecule has 118 valence electrons. The summed E-state index contributed by atoms with van der Waals surface area (Å²) in [6.07, 6.45) is 1.84. The van der Waals surface area contributed by atoms with Gasteiger partial charge in [-0.1, -0.05) is 0 Å². The highest BCUT2D eigenvalue weighted by molar-refractivity contribution is 7.89. The van der Waals surface area contributed by atoms with Crippen LogP contribution in [0.1, 0.15) is 24.0 Å². The van der Waals surface area contributed by atoms with Crippen LogP contribution in [0.3, 0.4) is 0 Å². The number of hydrogen-bond donors (Lipinski definition) is 2. The lowest BCUT2D eigenvalue weighted by molar-refractivity contribution is 0.177. The molecule has 1 fully saturated rings. The van der Waals surface area contributed by atoms with E-state index in [1.54, 1.807) is 37.4 Å². The number of hydrazine groups is 1. The Morgan fingerprint density at radius 2 is 1.90 bits per heavy atom. The van der Waals surface area contributed by atoms with E-state index < -0.39 is 10.0 Å². The van der Waals surface area contributed by atoms with Crippen molar-refractivity contribution in [2.75, 3.05) is 25.7 Å². The van der Waals surface area contributed by atoms with Crippen LogP contribution < -0.4 is 11.3 Å². The van der Waals surface area contributed by atoms with Gasteiger partial charge in [-0.2, -0.15) is 4.31 Å². The van der Waals surface area contributed by atoms with Crippen LogP contribution in [0.4, 0.5) is 5.69 Å². The molecule has 1 aromatic rings. The quantitative estimate of drug-likeness (QED) is 0.587. The van der Waals surface area contributed by atoms with Crippen molar-refractivity contribution in [1.29, 1.82) is 0 Å². The van der Waals surface area contributed by atoms with Gasteiger partial charge in [-0.3, -0.25) is 5.84 Å². The number of aryl methyl sites for hydroxylation is 2. The van der Waals surface area contributed by atoms with E-state index in [4.69, 9.17) is 10.6 Å². The van der Waals surface area contributed by atoms with E-state index in [1.165, 1.54) is 0 Å². The molecule has 0 unspecified atom stereocenters. The molecular formula is C14H23N3O3S. The van der Waals surface area contributed by atoms with Gasteiger partial charge in [0.05, 0.1) is 11.5 Å². The number of nitrogens with one attached hydrogen (secondary N) is 1. The van der Waals surface area contributed by atoms with Crippen LogP contribution in [0, 0.1) is 13.8 Å². The van der Waals surface area contributed by atoms with Gasteiger partial charge in [0.25, 0.3) is 0 Å². The van der Waals surface area contributed by atoms with Gasteiger partial charge in [-0.25, -0.2) is 8.42 Å². The summed E-state index contributed by atoms with van der Waals surface area (Å²) in [4.78, 5) is 0.379. The molecule has 0 bridgehead atoms. The van der Waals surface area contributed by atoms with Crippen LogP contribution in [0.2, 0.25) is 0 Å². The Morgan fingerprint density at radius 1 is 1.33 bits per heavy atom. The summed E-state index contributed by atoms with van der Waals surface area (Å²) in [7, 11) is -1.93. The molecule has 0 amide bonds. The van der Waals surface area contributed by atoms with E-state index in [0.717, 1.165) is 12.8 Å². The highest BCUT2D eigenvalue weighted by atomic mass is 32.2. The third-order valence-electron chi connectivity index (χ3n) is 3.66. The summed E-state index contributed by atoms with van der Waals surface area (Å²) < 4.78 is 32.6. The number of hydrogen-bond acceptors (Lipinski definition) is 5. The van der Waals surface area contributed by atoms with Crippen LogP contribution in [0.25, 0.3) is 0 Å². The number of nitrogens with two attached hydrogens (primary N) is 1. The highest BCUT2D eigenvalue weighted by Crippen LogP contribution is 2.34. The number of ether oxygens (including phenoxy) is 1. The molecule has 1 aromatic carbocycles. The van der Waals surface area contributed by atoms with Crippen LogP contribution in [-0.4, -0.2) is 39.0 Å². The number of sulfonamides is 1. The molecule has 1 aliphatic rings. The summed E-state index contributed by atoms with van der Waals surface area (Å²) in [6, 6.07) is 3.61. The molecule has 7 heteroatoms. The average Bonchev–Trinajstić information content (AvgIpc) is 3.22. The Morgan fingerprint density at radius 3 is 2.33 bits per heavy atom. The molecule has 0 atom stereocenters. The van der Waals surface area contributed by atoms with Gasteiger partial charge in [0.2, 0.25) is 10.0 Å². The second-order valence-corrected chi connectivity index (χ2v) is 7.25.